The van der Waals surface area contributed by atoms with Gasteiger partial charge in [-0.3, -0.25) is 0 Å². The second-order valence-corrected chi connectivity index (χ2v) is 4.42. The molecule has 2 aromatic heterocycles. The van der Waals surface area contributed by atoms with Gasteiger partial charge in [-0.15, -0.1) is 10.2 Å². The molecule has 0 N–H and O–H groups in total. The van der Waals surface area contributed by atoms with Crippen LogP contribution >= 0.6 is 11.6 Å². The molecule has 3 rings (SSSR count). The lowest BCUT2D eigenvalue weighted by Gasteiger charge is -2.01. The lowest BCUT2D eigenvalue weighted by Crippen LogP contribution is -1.90. The van der Waals surface area contributed by atoms with Crippen LogP contribution in [0.3, 0.4) is 0 Å². The quantitative estimate of drug-likeness (QED) is 0.738. The molecular weight excluding hydrogens is 278 g/mol. The van der Waals surface area contributed by atoms with Gasteiger partial charge in [-0.2, -0.15) is 0 Å². The van der Waals surface area contributed by atoms with E-state index in [9.17, 15) is 0 Å². The lowest BCUT2D eigenvalue weighted by molar-refractivity contribution is 0.397. The first-order valence-electron chi connectivity index (χ1n) is 5.87. The summed E-state index contributed by atoms with van der Waals surface area (Å²) in [6.07, 6.45) is 1.64. The number of pyridine rings is 1. The molecular formula is C14H10ClN3O2. The number of benzene rings is 1. The van der Waals surface area contributed by atoms with Crippen molar-refractivity contribution in [3.63, 3.8) is 0 Å². The summed E-state index contributed by atoms with van der Waals surface area (Å²) in [5, 5.41) is 8.65. The zero-order valence-corrected chi connectivity index (χ0v) is 11.3. The third-order valence-electron chi connectivity index (χ3n) is 2.69. The van der Waals surface area contributed by atoms with Crippen LogP contribution in [0.1, 0.15) is 0 Å². The Bertz CT molecular complexity index is 743. The Morgan fingerprint density at radius 3 is 2.75 bits per heavy atom. The molecule has 0 aliphatic rings. The van der Waals surface area contributed by atoms with Gasteiger partial charge in [0.2, 0.25) is 11.8 Å². The Morgan fingerprint density at radius 2 is 1.95 bits per heavy atom. The number of methoxy groups -OCH3 is 1. The smallest absolute Gasteiger partial charge is 0.253 e. The highest BCUT2D eigenvalue weighted by atomic mass is 35.5. The van der Waals surface area contributed by atoms with Crippen molar-refractivity contribution in [2.24, 2.45) is 0 Å². The van der Waals surface area contributed by atoms with Crippen LogP contribution < -0.4 is 4.74 Å². The lowest BCUT2D eigenvalue weighted by atomic mass is 10.2. The normalized spacial score (nSPS) is 10.5. The van der Waals surface area contributed by atoms with Crippen molar-refractivity contribution in [1.29, 1.82) is 0 Å². The van der Waals surface area contributed by atoms with Gasteiger partial charge in [0.05, 0.1) is 7.11 Å². The Hall–Kier alpha value is -2.40. The largest absolute Gasteiger partial charge is 0.480 e. The summed E-state index contributed by atoms with van der Waals surface area (Å²) in [6, 6.07) is 10.8. The minimum Gasteiger partial charge on any atom is -0.480 e. The minimum absolute atomic E-state index is 0.352. The van der Waals surface area contributed by atoms with E-state index in [1.54, 1.807) is 37.6 Å². The first-order valence-corrected chi connectivity index (χ1v) is 6.24. The van der Waals surface area contributed by atoms with Crippen molar-refractivity contribution in [3.05, 3.63) is 47.6 Å². The topological polar surface area (TPSA) is 61.0 Å². The monoisotopic (exact) mass is 287 g/mol. The predicted octanol–water partition coefficient (Wildman–Crippen LogP) is 3.46. The maximum Gasteiger partial charge on any atom is 0.253 e. The summed E-state index contributed by atoms with van der Waals surface area (Å²) in [5.41, 5.74) is 1.41. The SMILES string of the molecule is COc1ncccc1-c1nnc(-c2cccc(Cl)c2)o1. The van der Waals surface area contributed by atoms with E-state index in [0.717, 1.165) is 5.56 Å². The van der Waals surface area contributed by atoms with Crippen LogP contribution in [0.5, 0.6) is 5.88 Å². The van der Waals surface area contributed by atoms with Gasteiger partial charge in [0.25, 0.3) is 5.89 Å². The summed E-state index contributed by atoms with van der Waals surface area (Å²) in [5.74, 6) is 1.19. The van der Waals surface area contributed by atoms with Crippen LogP contribution in [-0.4, -0.2) is 22.3 Å². The average molecular weight is 288 g/mol. The number of ether oxygens (including phenoxy) is 1. The van der Waals surface area contributed by atoms with Gasteiger partial charge < -0.3 is 9.15 Å². The number of aromatic nitrogens is 3. The van der Waals surface area contributed by atoms with E-state index in [0.29, 0.717) is 28.2 Å². The molecule has 0 unspecified atom stereocenters. The van der Waals surface area contributed by atoms with E-state index in [1.807, 2.05) is 12.1 Å². The van der Waals surface area contributed by atoms with Crippen LogP contribution in [0.4, 0.5) is 0 Å². The van der Waals surface area contributed by atoms with Gasteiger partial charge in [0.15, 0.2) is 0 Å². The van der Waals surface area contributed by atoms with Crippen molar-refractivity contribution < 1.29 is 9.15 Å². The fourth-order valence-electron chi connectivity index (χ4n) is 1.79. The Morgan fingerprint density at radius 1 is 1.10 bits per heavy atom. The number of nitrogens with zero attached hydrogens (tertiary/aromatic N) is 3. The van der Waals surface area contributed by atoms with Crippen LogP contribution in [0.2, 0.25) is 5.02 Å². The first kappa shape index (κ1) is 12.6. The summed E-state index contributed by atoms with van der Waals surface area (Å²) >= 11 is 5.95. The fourth-order valence-corrected chi connectivity index (χ4v) is 1.98. The fraction of sp³-hybridized carbons (Fsp3) is 0.0714. The molecule has 3 aromatic rings. The number of hydrogen-bond acceptors (Lipinski definition) is 5. The van der Waals surface area contributed by atoms with Crippen molar-refractivity contribution in [2.45, 2.75) is 0 Å². The Balaban J connectivity index is 2.02. The zero-order chi connectivity index (χ0) is 13.9. The molecule has 0 fully saturated rings. The van der Waals surface area contributed by atoms with Crippen LogP contribution in [0.25, 0.3) is 22.9 Å². The molecule has 6 heteroatoms. The Labute approximate surface area is 120 Å². The Kier molecular flexibility index (Phi) is 3.35. The van der Waals surface area contributed by atoms with Crippen LogP contribution in [-0.2, 0) is 0 Å². The van der Waals surface area contributed by atoms with E-state index in [1.165, 1.54) is 0 Å². The van der Waals surface area contributed by atoms with Gasteiger partial charge in [-0.1, -0.05) is 17.7 Å². The molecule has 0 aliphatic heterocycles. The standard InChI is InChI=1S/C14H10ClN3O2/c1-19-13-11(6-3-7-16-13)14-18-17-12(20-14)9-4-2-5-10(15)8-9/h2-8H,1H3. The molecule has 0 spiro atoms. The third-order valence-corrected chi connectivity index (χ3v) is 2.93. The minimum atomic E-state index is 0.352. The first-order chi connectivity index (χ1) is 9.78. The number of rotatable bonds is 3. The summed E-state index contributed by atoms with van der Waals surface area (Å²) in [4.78, 5) is 4.10. The molecule has 0 saturated heterocycles. The zero-order valence-electron chi connectivity index (χ0n) is 10.6. The van der Waals surface area contributed by atoms with E-state index in [4.69, 9.17) is 20.8 Å². The molecule has 0 saturated carbocycles. The molecule has 0 atom stereocenters. The molecule has 0 aliphatic carbocycles. The number of hydrogen-bond donors (Lipinski definition) is 0. The maximum absolute atomic E-state index is 5.95. The van der Waals surface area contributed by atoms with E-state index >= 15 is 0 Å². The molecule has 0 amide bonds. The van der Waals surface area contributed by atoms with Crippen molar-refractivity contribution >= 4 is 11.6 Å². The van der Waals surface area contributed by atoms with E-state index in [2.05, 4.69) is 15.2 Å². The molecule has 0 bridgehead atoms. The number of halogens is 1. The average Bonchev–Trinajstić information content (AvgIpc) is 2.97. The van der Waals surface area contributed by atoms with Gasteiger partial charge in [0, 0.05) is 16.8 Å². The third kappa shape index (κ3) is 2.35. The highest BCUT2D eigenvalue weighted by Gasteiger charge is 2.15. The molecule has 0 radical (unpaired) electrons. The summed E-state index contributed by atoms with van der Waals surface area (Å²) in [7, 11) is 1.54. The van der Waals surface area contributed by atoms with Gasteiger partial charge >= 0.3 is 0 Å². The highest BCUT2D eigenvalue weighted by molar-refractivity contribution is 6.30. The summed E-state index contributed by atoms with van der Waals surface area (Å²) < 4.78 is 10.8. The second kappa shape index (κ2) is 5.30. The molecule has 2 heterocycles. The van der Waals surface area contributed by atoms with E-state index in [-0.39, 0.29) is 0 Å². The van der Waals surface area contributed by atoms with Crippen molar-refractivity contribution in [1.82, 2.24) is 15.2 Å². The van der Waals surface area contributed by atoms with Crippen molar-refractivity contribution in [2.75, 3.05) is 7.11 Å². The second-order valence-electron chi connectivity index (χ2n) is 3.98. The summed E-state index contributed by atoms with van der Waals surface area (Å²) in [6.45, 7) is 0. The van der Waals surface area contributed by atoms with Gasteiger partial charge in [0.1, 0.15) is 5.56 Å². The highest BCUT2D eigenvalue weighted by Crippen LogP contribution is 2.29. The van der Waals surface area contributed by atoms with E-state index < -0.39 is 0 Å². The molecule has 100 valence electrons. The van der Waals surface area contributed by atoms with Crippen molar-refractivity contribution in [3.8, 4) is 28.8 Å². The van der Waals surface area contributed by atoms with Crippen LogP contribution in [0, 0.1) is 0 Å². The van der Waals surface area contributed by atoms with Gasteiger partial charge in [-0.05, 0) is 30.3 Å². The maximum atomic E-state index is 5.95. The van der Waals surface area contributed by atoms with Gasteiger partial charge in [-0.25, -0.2) is 4.98 Å². The molecule has 5 nitrogen and oxygen atoms in total. The predicted molar refractivity (Wildman–Crippen MR) is 74.5 cm³/mol. The van der Waals surface area contributed by atoms with Crippen LogP contribution in [0.15, 0.2) is 47.0 Å². The molecule has 1 aromatic carbocycles. The molecule has 20 heavy (non-hydrogen) atoms.